The first-order valence-corrected chi connectivity index (χ1v) is 20.3. The van der Waals surface area contributed by atoms with Crippen LogP contribution in [-0.4, -0.2) is 80.1 Å². The fourth-order valence-corrected chi connectivity index (χ4v) is 9.19. The van der Waals surface area contributed by atoms with Crippen LogP contribution in [0.2, 0.25) is 0 Å². The molecule has 1 aromatic heterocycles. The Morgan fingerprint density at radius 3 is 1.78 bits per heavy atom. The van der Waals surface area contributed by atoms with Crippen LogP contribution in [0.15, 0.2) is 109 Å². The molecule has 0 saturated carbocycles. The molecule has 4 aliphatic rings. The largest absolute Gasteiger partial charge is 0.482 e. The first-order chi connectivity index (χ1) is 28.7. The number of benzene rings is 5. The predicted molar refractivity (Wildman–Crippen MR) is 224 cm³/mol. The minimum atomic E-state index is -0.502. The van der Waals surface area contributed by atoms with E-state index in [9.17, 15) is 10.1 Å². The van der Waals surface area contributed by atoms with Gasteiger partial charge in [0.05, 0.1) is 28.6 Å². The Morgan fingerprint density at radius 2 is 1.25 bits per heavy atom. The molecule has 3 heterocycles. The molecule has 2 fully saturated rings. The number of aromatic nitrogens is 3. The average molecular weight is 790 g/mol. The molecule has 300 valence electrons. The van der Waals surface area contributed by atoms with Gasteiger partial charge in [-0.15, -0.1) is 15.0 Å². The van der Waals surface area contributed by atoms with Crippen molar-refractivity contribution < 1.29 is 14.4 Å². The van der Waals surface area contributed by atoms with E-state index in [0.29, 0.717) is 0 Å². The monoisotopic (exact) mass is 789 g/mol. The summed E-state index contributed by atoms with van der Waals surface area (Å²) in [6.07, 6.45) is 3.44. The normalized spacial score (nSPS) is 23.6. The molecular formula is C46H47N9O4. The van der Waals surface area contributed by atoms with E-state index >= 15 is 0 Å². The smallest absolute Gasteiger partial charge is 0.312 e. The number of hydrogen-bond donors (Lipinski definition) is 2. The fraction of sp³-hybridized carbons (Fsp3) is 0.326. The highest BCUT2D eigenvalue weighted by Crippen LogP contribution is 2.42. The van der Waals surface area contributed by atoms with E-state index in [4.69, 9.17) is 36.4 Å². The maximum atomic E-state index is 11.5. The quantitative estimate of drug-likeness (QED) is 0.130. The lowest BCUT2D eigenvalue weighted by Gasteiger charge is -2.30. The van der Waals surface area contributed by atoms with Crippen molar-refractivity contribution in [2.45, 2.75) is 69.0 Å². The molecule has 0 spiro atoms. The van der Waals surface area contributed by atoms with Crippen LogP contribution >= 0.6 is 0 Å². The van der Waals surface area contributed by atoms with Crippen LogP contribution in [0.4, 0.5) is 5.69 Å². The van der Waals surface area contributed by atoms with Gasteiger partial charge < -0.3 is 20.9 Å². The van der Waals surface area contributed by atoms with Crippen molar-refractivity contribution in [2.24, 2.45) is 11.5 Å². The predicted octanol–water partition coefficient (Wildman–Crippen LogP) is 6.35. The number of likely N-dealkylation sites (tertiary alicyclic amines) is 2. The highest BCUT2D eigenvalue weighted by atomic mass is 16.6. The summed E-state index contributed by atoms with van der Waals surface area (Å²) in [6.45, 7) is 5.72. The standard InChI is InChI=1S/C26H27N5O.C20H20N4O3/c1-17-10-11-25(23(14-17)31-28-21-8-4-5-9-22(21)29-31)32-26-20-7-3-2-6-18(20)15-24(26)30-13-12-19(27)16-30;21-11-13-5-6-19(17(9-13)24(25)26)27-20-16-4-2-1-3-14(16)10-18(20)23-8-7-15(22)12-23/h2-11,14,19,24,26H,12-13,15-16,27H2,1H3;1-6,9,15,18,20H,7-8,10,12,22H2/t19-,24-,26-;15-,18-,20-/m11/s1. The number of fused-ring (bicyclic) bond motifs is 3. The molecule has 5 aromatic carbocycles. The Labute approximate surface area is 342 Å². The summed E-state index contributed by atoms with van der Waals surface area (Å²) in [4.78, 5) is 17.5. The molecule has 6 aromatic rings. The van der Waals surface area contributed by atoms with E-state index < -0.39 is 4.92 Å². The minimum absolute atomic E-state index is 0.0528. The van der Waals surface area contributed by atoms with Crippen LogP contribution in [0, 0.1) is 28.4 Å². The van der Waals surface area contributed by atoms with E-state index in [2.05, 4.69) is 59.2 Å². The maximum Gasteiger partial charge on any atom is 0.312 e. The molecule has 59 heavy (non-hydrogen) atoms. The van der Waals surface area contributed by atoms with Crippen molar-refractivity contribution in [3.8, 4) is 23.3 Å². The summed E-state index contributed by atoms with van der Waals surface area (Å²) in [5.74, 6) is 0.986. The van der Waals surface area contributed by atoms with E-state index in [0.717, 1.165) is 85.5 Å². The van der Waals surface area contributed by atoms with Gasteiger partial charge >= 0.3 is 5.69 Å². The van der Waals surface area contributed by atoms with E-state index in [1.807, 2.05) is 54.6 Å². The van der Waals surface area contributed by atoms with Crippen LogP contribution in [0.3, 0.4) is 0 Å². The number of aryl methyl sites for hydroxylation is 1. The molecule has 0 unspecified atom stereocenters. The zero-order valence-electron chi connectivity index (χ0n) is 32.9. The Hall–Kier alpha value is -6.17. The van der Waals surface area contributed by atoms with Crippen molar-refractivity contribution in [2.75, 3.05) is 26.2 Å². The number of nitriles is 1. The zero-order chi connectivity index (χ0) is 40.6. The summed E-state index contributed by atoms with van der Waals surface area (Å²) in [5, 5.41) is 29.9. The van der Waals surface area contributed by atoms with Crippen LogP contribution < -0.4 is 20.9 Å². The van der Waals surface area contributed by atoms with Crippen molar-refractivity contribution in [3.05, 3.63) is 153 Å². The van der Waals surface area contributed by atoms with Crippen molar-refractivity contribution in [1.82, 2.24) is 24.8 Å². The SMILES string of the molecule is Cc1ccc(O[C@@H]2c3ccccc3C[C@H]2N2CC[C@@H](N)C2)c(-n2nc3ccccc3n2)c1.N#Cc1ccc(O[C@@H]2c3ccccc3C[C@H]2N2CC[C@@H](N)C2)c([N+](=O)[O-])c1. The van der Waals surface area contributed by atoms with Gasteiger partial charge in [-0.1, -0.05) is 66.7 Å². The summed E-state index contributed by atoms with van der Waals surface area (Å²) in [5.41, 5.74) is 21.0. The lowest BCUT2D eigenvalue weighted by molar-refractivity contribution is -0.386. The Bertz CT molecular complexity index is 2520. The number of nitrogens with two attached hydrogens (primary N) is 2. The number of nitro benzene ring substituents is 1. The molecule has 4 N–H and O–H groups in total. The number of ether oxygens (including phenoxy) is 2. The molecule has 13 nitrogen and oxygen atoms in total. The van der Waals surface area contributed by atoms with Gasteiger partial charge in [0.15, 0.2) is 5.75 Å². The van der Waals surface area contributed by atoms with Gasteiger partial charge in [0.2, 0.25) is 0 Å². The third-order valence-corrected chi connectivity index (χ3v) is 12.1. The van der Waals surface area contributed by atoms with Gasteiger partial charge in [-0.3, -0.25) is 19.9 Å². The van der Waals surface area contributed by atoms with Gasteiger partial charge in [-0.2, -0.15) is 5.26 Å². The molecule has 13 heteroatoms. The van der Waals surface area contributed by atoms with Crippen LogP contribution in [0.1, 0.15) is 58.4 Å². The second-order valence-corrected chi connectivity index (χ2v) is 16.1. The second kappa shape index (κ2) is 16.2. The van der Waals surface area contributed by atoms with Crippen molar-refractivity contribution in [1.29, 1.82) is 5.26 Å². The van der Waals surface area contributed by atoms with Gasteiger partial charge in [0.1, 0.15) is 34.7 Å². The van der Waals surface area contributed by atoms with E-state index in [-0.39, 0.29) is 53.4 Å². The Balaban J connectivity index is 0.000000155. The summed E-state index contributed by atoms with van der Waals surface area (Å²) in [6, 6.07) is 37.9. The number of hydrogen-bond acceptors (Lipinski definition) is 11. The van der Waals surface area contributed by atoms with Gasteiger partial charge in [0, 0.05) is 44.3 Å². The van der Waals surface area contributed by atoms with Crippen LogP contribution in [0.25, 0.3) is 16.7 Å². The third kappa shape index (κ3) is 7.75. The first-order valence-electron chi connectivity index (χ1n) is 20.3. The topological polar surface area (TPSA) is 175 Å². The molecule has 0 amide bonds. The Kier molecular flexibility index (Phi) is 10.6. The Morgan fingerprint density at radius 1 is 0.729 bits per heavy atom. The van der Waals surface area contributed by atoms with Gasteiger partial charge in [-0.25, -0.2) is 0 Å². The zero-order valence-corrected chi connectivity index (χ0v) is 32.9. The minimum Gasteiger partial charge on any atom is -0.482 e. The molecule has 0 bridgehead atoms. The van der Waals surface area contributed by atoms with Gasteiger partial charge in [-0.05, 0) is 96.8 Å². The third-order valence-electron chi connectivity index (χ3n) is 12.1. The van der Waals surface area contributed by atoms with E-state index in [1.165, 1.54) is 28.8 Å². The molecule has 10 rings (SSSR count). The first kappa shape index (κ1) is 38.4. The average Bonchev–Trinajstić information content (AvgIpc) is 4.10. The molecule has 2 aliphatic heterocycles. The molecule has 6 atom stereocenters. The highest BCUT2D eigenvalue weighted by molar-refractivity contribution is 5.73. The lowest BCUT2D eigenvalue weighted by Crippen LogP contribution is -2.40. The highest BCUT2D eigenvalue weighted by Gasteiger charge is 2.42. The number of nitrogens with zero attached hydrogens (tertiary/aromatic N) is 7. The second-order valence-electron chi connectivity index (χ2n) is 16.1. The summed E-state index contributed by atoms with van der Waals surface area (Å²) >= 11 is 0. The van der Waals surface area contributed by atoms with Crippen molar-refractivity contribution >= 4 is 16.7 Å². The van der Waals surface area contributed by atoms with Crippen LogP contribution in [0.5, 0.6) is 11.5 Å². The number of nitro groups is 1. The molecular weight excluding hydrogens is 743 g/mol. The van der Waals surface area contributed by atoms with Gasteiger partial charge in [0.25, 0.3) is 0 Å². The van der Waals surface area contributed by atoms with E-state index in [1.54, 1.807) is 10.9 Å². The molecule has 2 saturated heterocycles. The fourth-order valence-electron chi connectivity index (χ4n) is 9.19. The molecule has 0 radical (unpaired) electrons. The number of rotatable bonds is 8. The lowest BCUT2D eigenvalue weighted by atomic mass is 10.1. The van der Waals surface area contributed by atoms with Crippen molar-refractivity contribution in [3.63, 3.8) is 0 Å². The summed E-state index contributed by atoms with van der Waals surface area (Å²) in [7, 11) is 0. The maximum absolute atomic E-state index is 11.5. The molecule has 2 aliphatic carbocycles. The summed E-state index contributed by atoms with van der Waals surface area (Å²) < 4.78 is 13.0. The van der Waals surface area contributed by atoms with Crippen LogP contribution in [-0.2, 0) is 12.8 Å².